The van der Waals surface area contributed by atoms with Gasteiger partial charge in [-0.3, -0.25) is 0 Å². The quantitative estimate of drug-likeness (QED) is 0.778. The lowest BCUT2D eigenvalue weighted by atomic mass is 9.73. The number of thioether (sulfide) groups is 1. The van der Waals surface area contributed by atoms with Gasteiger partial charge in [0.05, 0.1) is 6.61 Å². The Balaban J connectivity index is 2.61. The Bertz CT molecular complexity index is 196. The van der Waals surface area contributed by atoms with E-state index in [0.717, 1.165) is 0 Å². The van der Waals surface area contributed by atoms with E-state index in [1.165, 1.54) is 19.3 Å². The summed E-state index contributed by atoms with van der Waals surface area (Å²) >= 11 is 1.94. The third-order valence-corrected chi connectivity index (χ3v) is 4.97. The van der Waals surface area contributed by atoms with Gasteiger partial charge in [0.25, 0.3) is 0 Å². The molecule has 90 valence electrons. The van der Waals surface area contributed by atoms with Crippen molar-refractivity contribution in [1.82, 2.24) is 5.32 Å². The average molecular weight is 231 g/mol. The molecule has 0 heterocycles. The van der Waals surface area contributed by atoms with Crippen LogP contribution in [0.4, 0.5) is 0 Å². The average Bonchev–Trinajstić information content (AvgIpc) is 2.16. The van der Waals surface area contributed by atoms with Crippen molar-refractivity contribution in [3.8, 4) is 0 Å². The van der Waals surface area contributed by atoms with Crippen molar-refractivity contribution in [2.45, 2.75) is 56.6 Å². The van der Waals surface area contributed by atoms with Gasteiger partial charge in [-0.15, -0.1) is 0 Å². The maximum absolute atomic E-state index is 9.11. The summed E-state index contributed by atoms with van der Waals surface area (Å²) in [4.78, 5) is 0. The Morgan fingerprint density at radius 1 is 1.53 bits per heavy atom. The topological polar surface area (TPSA) is 32.3 Å². The highest BCUT2D eigenvalue weighted by molar-refractivity contribution is 8.00. The van der Waals surface area contributed by atoms with Crippen LogP contribution in [0.5, 0.6) is 0 Å². The van der Waals surface area contributed by atoms with Crippen LogP contribution in [0.25, 0.3) is 0 Å². The van der Waals surface area contributed by atoms with Crippen LogP contribution in [0.2, 0.25) is 0 Å². The molecule has 1 aliphatic rings. The second kappa shape index (κ2) is 5.55. The molecule has 0 spiro atoms. The van der Waals surface area contributed by atoms with Crippen LogP contribution in [0.3, 0.4) is 0 Å². The van der Waals surface area contributed by atoms with Crippen molar-refractivity contribution in [3.63, 3.8) is 0 Å². The molecule has 0 aromatic heterocycles. The summed E-state index contributed by atoms with van der Waals surface area (Å²) in [5.41, 5.74) is 0.389. The molecule has 0 radical (unpaired) electrons. The van der Waals surface area contributed by atoms with Gasteiger partial charge in [-0.25, -0.2) is 0 Å². The third kappa shape index (κ3) is 3.36. The molecular formula is C12H25NOS. The molecule has 3 unspecified atom stereocenters. The van der Waals surface area contributed by atoms with Gasteiger partial charge in [0.1, 0.15) is 0 Å². The predicted molar refractivity (Wildman–Crippen MR) is 68.4 cm³/mol. The van der Waals surface area contributed by atoms with Crippen LogP contribution in [0.15, 0.2) is 0 Å². The van der Waals surface area contributed by atoms with Gasteiger partial charge in [-0.2, -0.15) is 11.8 Å². The first kappa shape index (κ1) is 13.3. The van der Waals surface area contributed by atoms with Gasteiger partial charge in [-0.1, -0.05) is 27.2 Å². The monoisotopic (exact) mass is 231 g/mol. The maximum atomic E-state index is 9.11. The fourth-order valence-corrected chi connectivity index (χ4v) is 4.30. The lowest BCUT2D eigenvalue weighted by molar-refractivity contribution is 0.182. The molecule has 2 N–H and O–H groups in total. The number of aliphatic hydroxyl groups is 1. The Hall–Kier alpha value is 0.270. The van der Waals surface area contributed by atoms with E-state index in [4.69, 9.17) is 5.11 Å². The summed E-state index contributed by atoms with van der Waals surface area (Å²) in [6.45, 7) is 7.10. The highest BCUT2D eigenvalue weighted by Gasteiger charge is 2.38. The summed E-state index contributed by atoms with van der Waals surface area (Å²) in [5.74, 6) is 0. The zero-order chi connectivity index (χ0) is 11.5. The lowest BCUT2D eigenvalue weighted by Gasteiger charge is -2.44. The molecule has 0 amide bonds. The molecule has 3 heteroatoms. The van der Waals surface area contributed by atoms with Gasteiger partial charge >= 0.3 is 0 Å². The number of nitrogens with one attached hydrogen (secondary N) is 1. The minimum Gasteiger partial charge on any atom is -0.395 e. The van der Waals surface area contributed by atoms with Crippen molar-refractivity contribution in [3.05, 3.63) is 0 Å². The van der Waals surface area contributed by atoms with Crippen molar-refractivity contribution >= 4 is 11.8 Å². The van der Waals surface area contributed by atoms with E-state index in [9.17, 15) is 0 Å². The van der Waals surface area contributed by atoms with E-state index in [2.05, 4.69) is 33.1 Å². The molecule has 1 saturated carbocycles. The molecule has 1 fully saturated rings. The predicted octanol–water partition coefficient (Wildman–Crippen LogP) is 2.27. The van der Waals surface area contributed by atoms with Gasteiger partial charge in [0, 0.05) is 16.5 Å². The lowest BCUT2D eigenvalue weighted by Crippen LogP contribution is -2.50. The molecule has 15 heavy (non-hydrogen) atoms. The third-order valence-electron chi connectivity index (χ3n) is 3.50. The van der Waals surface area contributed by atoms with Crippen molar-refractivity contribution in [2.75, 3.05) is 13.7 Å². The molecule has 2 nitrogen and oxygen atoms in total. The van der Waals surface area contributed by atoms with Crippen LogP contribution in [0.1, 0.15) is 40.0 Å². The Kier molecular flexibility index (Phi) is 4.94. The number of rotatable bonds is 4. The van der Waals surface area contributed by atoms with Crippen LogP contribution in [0, 0.1) is 5.41 Å². The molecule has 1 aliphatic carbocycles. The zero-order valence-corrected chi connectivity index (χ0v) is 11.2. The fourth-order valence-electron chi connectivity index (χ4n) is 2.65. The van der Waals surface area contributed by atoms with E-state index in [0.29, 0.717) is 22.0 Å². The molecule has 1 rings (SSSR count). The first-order chi connectivity index (χ1) is 7.01. The van der Waals surface area contributed by atoms with E-state index in [-0.39, 0.29) is 6.61 Å². The zero-order valence-electron chi connectivity index (χ0n) is 10.4. The largest absolute Gasteiger partial charge is 0.395 e. The second-order valence-corrected chi connectivity index (χ2v) is 7.00. The van der Waals surface area contributed by atoms with Crippen molar-refractivity contribution in [2.24, 2.45) is 5.41 Å². The highest BCUT2D eigenvalue weighted by Crippen LogP contribution is 2.41. The highest BCUT2D eigenvalue weighted by atomic mass is 32.2. The Labute approximate surface area is 98.2 Å². The number of hydrogen-bond acceptors (Lipinski definition) is 3. The van der Waals surface area contributed by atoms with E-state index in [1.807, 2.05) is 11.8 Å². The Morgan fingerprint density at radius 3 is 2.73 bits per heavy atom. The SMILES string of the molecule is CNC1C(SC(C)CO)CCCC1(C)C. The summed E-state index contributed by atoms with van der Waals surface area (Å²) in [7, 11) is 2.06. The number of hydrogen-bond donors (Lipinski definition) is 2. The molecule has 0 saturated heterocycles. The molecular weight excluding hydrogens is 206 g/mol. The van der Waals surface area contributed by atoms with Crippen molar-refractivity contribution < 1.29 is 5.11 Å². The Morgan fingerprint density at radius 2 is 2.20 bits per heavy atom. The van der Waals surface area contributed by atoms with Gasteiger partial charge in [0.2, 0.25) is 0 Å². The minimum atomic E-state index is 0.290. The summed E-state index contributed by atoms with van der Waals surface area (Å²) in [6, 6.07) is 0.574. The van der Waals surface area contributed by atoms with Crippen LogP contribution in [-0.4, -0.2) is 35.3 Å². The van der Waals surface area contributed by atoms with Crippen LogP contribution in [-0.2, 0) is 0 Å². The van der Waals surface area contributed by atoms with E-state index >= 15 is 0 Å². The maximum Gasteiger partial charge on any atom is 0.0547 e. The summed E-state index contributed by atoms with van der Waals surface area (Å²) in [6.07, 6.45) is 3.91. The van der Waals surface area contributed by atoms with Gasteiger partial charge in [-0.05, 0) is 25.3 Å². The standard InChI is InChI=1S/C12H25NOS/c1-9(8-14)15-10-6-5-7-12(2,3)11(10)13-4/h9-11,13-14H,5-8H2,1-4H3. The molecule has 0 aliphatic heterocycles. The first-order valence-electron chi connectivity index (χ1n) is 5.95. The number of aliphatic hydroxyl groups excluding tert-OH is 1. The minimum absolute atomic E-state index is 0.290. The van der Waals surface area contributed by atoms with Gasteiger partial charge in [0.15, 0.2) is 0 Å². The fraction of sp³-hybridized carbons (Fsp3) is 1.00. The van der Waals surface area contributed by atoms with E-state index in [1.54, 1.807) is 0 Å². The second-order valence-electron chi connectivity index (χ2n) is 5.31. The van der Waals surface area contributed by atoms with Crippen molar-refractivity contribution in [1.29, 1.82) is 0 Å². The first-order valence-corrected chi connectivity index (χ1v) is 6.89. The van der Waals surface area contributed by atoms with E-state index < -0.39 is 0 Å². The smallest absolute Gasteiger partial charge is 0.0547 e. The molecule has 0 aromatic rings. The summed E-state index contributed by atoms with van der Waals surface area (Å²) < 4.78 is 0. The molecule has 0 bridgehead atoms. The normalized spacial score (nSPS) is 32.6. The molecule has 0 aromatic carbocycles. The summed E-state index contributed by atoms with van der Waals surface area (Å²) in [5, 5.41) is 13.6. The molecule has 3 atom stereocenters. The van der Waals surface area contributed by atoms with Crippen LogP contribution >= 0.6 is 11.8 Å². The van der Waals surface area contributed by atoms with Gasteiger partial charge < -0.3 is 10.4 Å². The van der Waals surface area contributed by atoms with Crippen LogP contribution < -0.4 is 5.32 Å².